The molecule has 2 aromatic rings. The lowest BCUT2D eigenvalue weighted by molar-refractivity contribution is -0.153. The van der Waals surface area contributed by atoms with Gasteiger partial charge in [-0.05, 0) is 18.1 Å². The molecule has 0 radical (unpaired) electrons. The molecule has 2 atom stereocenters. The summed E-state index contributed by atoms with van der Waals surface area (Å²) in [6, 6.07) is 18.9. The van der Waals surface area contributed by atoms with Crippen molar-refractivity contribution in [3.8, 4) is 0 Å². The number of hydrogen-bond acceptors (Lipinski definition) is 4. The van der Waals surface area contributed by atoms with Crippen molar-refractivity contribution in [1.82, 2.24) is 4.90 Å². The summed E-state index contributed by atoms with van der Waals surface area (Å²) in [5, 5.41) is 0. The highest BCUT2D eigenvalue weighted by Gasteiger charge is 2.28. The van der Waals surface area contributed by atoms with Gasteiger partial charge in [-0.2, -0.15) is 0 Å². The number of alkyl halides is 1. The molecule has 2 aromatic carbocycles. The Morgan fingerprint density at radius 2 is 1.48 bits per heavy atom. The zero-order valence-electron chi connectivity index (χ0n) is 14.6. The van der Waals surface area contributed by atoms with Crippen molar-refractivity contribution in [2.24, 2.45) is 0 Å². The molecule has 5 heteroatoms. The van der Waals surface area contributed by atoms with Crippen molar-refractivity contribution in [3.63, 3.8) is 0 Å². The predicted octanol–water partition coefficient (Wildman–Crippen LogP) is 3.56. The first kappa shape index (κ1) is 19.1. The Kier molecular flexibility index (Phi) is 7.57. The molecule has 2 rings (SSSR count). The number of nitrogens with zero attached hydrogens (tertiary/aromatic N) is 1. The second-order valence-electron chi connectivity index (χ2n) is 5.79. The molecular formula is C20H24FNO3. The van der Waals surface area contributed by atoms with Gasteiger partial charge in [-0.25, -0.2) is 4.39 Å². The first-order valence-electron chi connectivity index (χ1n) is 8.25. The zero-order chi connectivity index (χ0) is 18.1. The van der Waals surface area contributed by atoms with Crippen molar-refractivity contribution in [2.45, 2.75) is 32.4 Å². The summed E-state index contributed by atoms with van der Waals surface area (Å²) in [5.74, 6) is -0.437. The quantitative estimate of drug-likeness (QED) is 0.652. The minimum absolute atomic E-state index is 0.0655. The van der Waals surface area contributed by atoms with Gasteiger partial charge in [-0.3, -0.25) is 9.69 Å². The highest BCUT2D eigenvalue weighted by atomic mass is 19.1. The van der Waals surface area contributed by atoms with Gasteiger partial charge in [0.25, 0.3) is 0 Å². The highest BCUT2D eigenvalue weighted by molar-refractivity contribution is 5.75. The van der Waals surface area contributed by atoms with Crippen LogP contribution in [0.2, 0.25) is 0 Å². The van der Waals surface area contributed by atoms with Crippen LogP contribution in [-0.2, 0) is 27.4 Å². The van der Waals surface area contributed by atoms with Gasteiger partial charge >= 0.3 is 5.97 Å². The minimum atomic E-state index is -1.44. The molecular weight excluding hydrogens is 321 g/mol. The molecule has 0 aromatic heterocycles. The number of benzene rings is 2. The van der Waals surface area contributed by atoms with E-state index in [1.807, 2.05) is 65.6 Å². The molecule has 0 spiro atoms. The summed E-state index contributed by atoms with van der Waals surface area (Å²) in [6.45, 7) is 2.29. The Balaban J connectivity index is 2.23. The van der Waals surface area contributed by atoms with Gasteiger partial charge in [0.05, 0.1) is 13.7 Å². The number of carbonyl (C=O) groups is 1. The maximum Gasteiger partial charge on any atom is 0.325 e. The van der Waals surface area contributed by atoms with Crippen molar-refractivity contribution in [3.05, 3.63) is 71.8 Å². The fourth-order valence-electron chi connectivity index (χ4n) is 2.59. The number of carbonyl (C=O) groups excluding carboxylic acids is 1. The van der Waals surface area contributed by atoms with Crippen LogP contribution < -0.4 is 0 Å². The Labute approximate surface area is 148 Å². The summed E-state index contributed by atoms with van der Waals surface area (Å²) >= 11 is 0. The molecule has 0 aliphatic carbocycles. The largest absolute Gasteiger partial charge is 0.468 e. The molecule has 0 N–H and O–H groups in total. The third-order valence-corrected chi connectivity index (χ3v) is 3.85. The molecule has 4 nitrogen and oxygen atoms in total. The number of hydrogen-bond donors (Lipinski definition) is 0. The third kappa shape index (κ3) is 6.29. The normalized spacial score (nSPS) is 13.4. The number of esters is 1. The van der Waals surface area contributed by atoms with E-state index in [1.165, 1.54) is 14.0 Å². The molecule has 25 heavy (non-hydrogen) atoms. The number of rotatable bonds is 9. The maximum absolute atomic E-state index is 13.2. The molecule has 0 saturated heterocycles. The van der Waals surface area contributed by atoms with E-state index in [-0.39, 0.29) is 6.61 Å². The van der Waals surface area contributed by atoms with Gasteiger partial charge in [0.1, 0.15) is 6.04 Å². The van der Waals surface area contributed by atoms with Crippen LogP contribution >= 0.6 is 0 Å². The van der Waals surface area contributed by atoms with Gasteiger partial charge in [0.15, 0.2) is 6.36 Å². The summed E-state index contributed by atoms with van der Waals surface area (Å²) < 4.78 is 23.1. The van der Waals surface area contributed by atoms with Crippen LogP contribution in [0.1, 0.15) is 18.1 Å². The molecule has 0 aliphatic heterocycles. The average molecular weight is 345 g/mol. The number of methoxy groups -OCH3 is 1. The minimum Gasteiger partial charge on any atom is -0.468 e. The van der Waals surface area contributed by atoms with E-state index in [2.05, 4.69) is 0 Å². The maximum atomic E-state index is 13.2. The van der Waals surface area contributed by atoms with Gasteiger partial charge in [-0.1, -0.05) is 60.7 Å². The summed E-state index contributed by atoms with van der Waals surface area (Å²) in [7, 11) is 1.33. The molecule has 2 unspecified atom stereocenters. The Morgan fingerprint density at radius 3 is 1.88 bits per heavy atom. The van der Waals surface area contributed by atoms with Gasteiger partial charge in [-0.15, -0.1) is 0 Å². The standard InChI is InChI=1S/C20H24FNO3/c1-16(21)25-15-19(20(23)24-2)22(13-17-9-5-3-6-10-17)14-18-11-7-4-8-12-18/h3-12,16,19H,13-15H2,1-2H3. The van der Waals surface area contributed by atoms with E-state index in [9.17, 15) is 9.18 Å². The highest BCUT2D eigenvalue weighted by Crippen LogP contribution is 2.15. The van der Waals surface area contributed by atoms with E-state index in [1.54, 1.807) is 0 Å². The van der Waals surface area contributed by atoms with Crippen LogP contribution in [-0.4, -0.2) is 37.0 Å². The van der Waals surface area contributed by atoms with Crippen molar-refractivity contribution in [1.29, 1.82) is 0 Å². The van der Waals surface area contributed by atoms with E-state index >= 15 is 0 Å². The topological polar surface area (TPSA) is 38.8 Å². The fourth-order valence-corrected chi connectivity index (χ4v) is 2.59. The van der Waals surface area contributed by atoms with Crippen LogP contribution in [0.3, 0.4) is 0 Å². The Hall–Kier alpha value is -2.24. The molecule has 0 amide bonds. The third-order valence-electron chi connectivity index (χ3n) is 3.85. The number of halogens is 1. The van der Waals surface area contributed by atoms with Gasteiger partial charge in [0.2, 0.25) is 0 Å². The van der Waals surface area contributed by atoms with E-state index in [0.717, 1.165) is 11.1 Å². The lowest BCUT2D eigenvalue weighted by Gasteiger charge is -2.30. The summed E-state index contributed by atoms with van der Waals surface area (Å²) in [4.78, 5) is 14.2. The lowest BCUT2D eigenvalue weighted by Crippen LogP contribution is -2.44. The van der Waals surface area contributed by atoms with E-state index in [4.69, 9.17) is 9.47 Å². The molecule has 0 aliphatic rings. The van der Waals surface area contributed by atoms with Gasteiger partial charge < -0.3 is 9.47 Å². The Bertz CT molecular complexity index is 592. The van der Waals surface area contributed by atoms with Crippen LogP contribution in [0.5, 0.6) is 0 Å². The summed E-state index contributed by atoms with van der Waals surface area (Å²) in [5.41, 5.74) is 2.11. The second kappa shape index (κ2) is 9.91. The van der Waals surface area contributed by atoms with Crippen LogP contribution in [0.4, 0.5) is 4.39 Å². The first-order valence-corrected chi connectivity index (χ1v) is 8.25. The second-order valence-corrected chi connectivity index (χ2v) is 5.79. The molecule has 0 saturated carbocycles. The number of ether oxygens (including phenoxy) is 2. The van der Waals surface area contributed by atoms with Crippen LogP contribution in [0.25, 0.3) is 0 Å². The van der Waals surface area contributed by atoms with Crippen LogP contribution in [0.15, 0.2) is 60.7 Å². The smallest absolute Gasteiger partial charge is 0.325 e. The predicted molar refractivity (Wildman–Crippen MR) is 94.5 cm³/mol. The van der Waals surface area contributed by atoms with E-state index < -0.39 is 18.4 Å². The van der Waals surface area contributed by atoms with Crippen molar-refractivity contribution >= 4 is 5.97 Å². The average Bonchev–Trinajstić information content (AvgIpc) is 2.63. The van der Waals surface area contributed by atoms with Gasteiger partial charge in [0, 0.05) is 13.1 Å². The summed E-state index contributed by atoms with van der Waals surface area (Å²) in [6.07, 6.45) is -1.44. The Morgan fingerprint density at radius 1 is 1.00 bits per heavy atom. The van der Waals surface area contributed by atoms with Crippen molar-refractivity contribution < 1.29 is 18.7 Å². The first-order chi connectivity index (χ1) is 12.1. The monoisotopic (exact) mass is 345 g/mol. The lowest BCUT2D eigenvalue weighted by atomic mass is 10.1. The van der Waals surface area contributed by atoms with E-state index in [0.29, 0.717) is 13.1 Å². The molecule has 0 heterocycles. The van der Waals surface area contributed by atoms with Crippen LogP contribution in [0, 0.1) is 0 Å². The molecule has 134 valence electrons. The molecule has 0 fully saturated rings. The van der Waals surface area contributed by atoms with Crippen molar-refractivity contribution in [2.75, 3.05) is 13.7 Å². The zero-order valence-corrected chi connectivity index (χ0v) is 14.6. The molecule has 0 bridgehead atoms. The fraction of sp³-hybridized carbons (Fsp3) is 0.350. The SMILES string of the molecule is COC(=O)C(COC(C)F)N(Cc1ccccc1)Cc1ccccc1.